The number of nitrogens with zero attached hydrogens (tertiary/aromatic N) is 2. The molecule has 2 aromatic rings. The van der Waals surface area contributed by atoms with E-state index in [0.717, 1.165) is 5.82 Å². The molecule has 0 radical (unpaired) electrons. The standard InChI is InChI=1S/C19H28N3/c1-15-17-10-8-6-4-3-5-7-9-11-18(14-17)16(2)22(15)19-12-13-20-21-19/h12-14H,3-11H2,1-2H3,(H,20,21)/q+1. The van der Waals surface area contributed by atoms with E-state index in [-0.39, 0.29) is 0 Å². The van der Waals surface area contributed by atoms with E-state index < -0.39 is 0 Å². The molecule has 0 spiro atoms. The molecule has 0 saturated heterocycles. The molecule has 3 nitrogen and oxygen atoms in total. The van der Waals surface area contributed by atoms with Crippen LogP contribution in [0.5, 0.6) is 0 Å². The fourth-order valence-corrected chi connectivity index (χ4v) is 3.71. The molecule has 2 aromatic heterocycles. The summed E-state index contributed by atoms with van der Waals surface area (Å²) < 4.78 is 2.36. The number of rotatable bonds is 1. The van der Waals surface area contributed by atoms with Crippen molar-refractivity contribution in [3.8, 4) is 5.82 Å². The Morgan fingerprint density at radius 1 is 0.864 bits per heavy atom. The van der Waals surface area contributed by atoms with Crippen LogP contribution in [0.4, 0.5) is 0 Å². The number of pyridine rings is 1. The molecule has 0 saturated carbocycles. The van der Waals surface area contributed by atoms with Crippen LogP contribution in [-0.2, 0) is 12.8 Å². The Labute approximate surface area is 133 Å². The third-order valence-corrected chi connectivity index (χ3v) is 5.07. The highest BCUT2D eigenvalue weighted by atomic mass is 15.2. The topological polar surface area (TPSA) is 32.6 Å². The first-order chi connectivity index (χ1) is 10.8. The average Bonchev–Trinajstić information content (AvgIpc) is 3.01. The first-order valence-corrected chi connectivity index (χ1v) is 8.81. The molecule has 2 heterocycles. The minimum absolute atomic E-state index is 1.09. The lowest BCUT2D eigenvalue weighted by molar-refractivity contribution is -0.614. The maximum absolute atomic E-state index is 4.14. The van der Waals surface area contributed by atoms with E-state index in [1.54, 1.807) is 0 Å². The summed E-state index contributed by atoms with van der Waals surface area (Å²) in [6, 6.07) is 4.54. The average molecular weight is 298 g/mol. The Hall–Kier alpha value is -1.64. The van der Waals surface area contributed by atoms with Crippen molar-refractivity contribution >= 4 is 0 Å². The van der Waals surface area contributed by atoms with Crippen molar-refractivity contribution in [2.45, 2.75) is 71.6 Å². The molecule has 3 rings (SSSR count). The van der Waals surface area contributed by atoms with Crippen LogP contribution >= 0.6 is 0 Å². The second-order valence-electron chi connectivity index (χ2n) is 6.62. The first kappa shape index (κ1) is 15.3. The monoisotopic (exact) mass is 298 g/mol. The van der Waals surface area contributed by atoms with Gasteiger partial charge < -0.3 is 0 Å². The third kappa shape index (κ3) is 3.23. The van der Waals surface area contributed by atoms with Gasteiger partial charge in [-0.1, -0.05) is 37.2 Å². The second-order valence-corrected chi connectivity index (χ2v) is 6.62. The van der Waals surface area contributed by atoms with Gasteiger partial charge >= 0.3 is 5.82 Å². The predicted octanol–water partition coefficient (Wildman–Crippen LogP) is 4.13. The Kier molecular flexibility index (Phi) is 4.91. The molecule has 0 amide bonds. The molecule has 2 bridgehead atoms. The Balaban J connectivity index is 2.02. The van der Waals surface area contributed by atoms with E-state index in [4.69, 9.17) is 0 Å². The fraction of sp³-hybridized carbons (Fsp3) is 0.579. The third-order valence-electron chi connectivity index (χ3n) is 5.07. The summed E-state index contributed by atoms with van der Waals surface area (Å²) in [4.78, 5) is 0. The summed E-state index contributed by atoms with van der Waals surface area (Å²) >= 11 is 0. The molecule has 0 unspecified atom stereocenters. The summed E-state index contributed by atoms with van der Waals surface area (Å²) in [6.07, 6.45) is 13.8. The van der Waals surface area contributed by atoms with E-state index in [1.807, 2.05) is 6.20 Å². The van der Waals surface area contributed by atoms with Crippen LogP contribution in [0, 0.1) is 13.8 Å². The highest BCUT2D eigenvalue weighted by molar-refractivity contribution is 5.28. The number of nitrogens with one attached hydrogen (secondary N) is 1. The van der Waals surface area contributed by atoms with Crippen molar-refractivity contribution in [3.05, 3.63) is 40.8 Å². The van der Waals surface area contributed by atoms with Gasteiger partial charge in [-0.2, -0.15) is 4.57 Å². The molecule has 22 heavy (non-hydrogen) atoms. The van der Waals surface area contributed by atoms with E-state index in [2.05, 4.69) is 40.7 Å². The van der Waals surface area contributed by atoms with E-state index in [9.17, 15) is 0 Å². The normalized spacial score (nSPS) is 16.8. The van der Waals surface area contributed by atoms with Crippen molar-refractivity contribution < 1.29 is 4.57 Å². The number of aryl methyl sites for hydroxylation is 2. The van der Waals surface area contributed by atoms with Gasteiger partial charge in [0.15, 0.2) is 0 Å². The number of hydrogen-bond donors (Lipinski definition) is 1. The van der Waals surface area contributed by atoms with E-state index in [1.165, 1.54) is 80.3 Å². The number of hydrogen-bond acceptors (Lipinski definition) is 1. The van der Waals surface area contributed by atoms with E-state index >= 15 is 0 Å². The summed E-state index contributed by atoms with van der Waals surface area (Å²) in [7, 11) is 0. The van der Waals surface area contributed by atoms with Crippen molar-refractivity contribution in [1.29, 1.82) is 0 Å². The molecule has 1 aliphatic rings. The SMILES string of the molecule is Cc1c2cc(c(C)[n+]1-c1ccn[nH]1)CCCCCCCCC2. The van der Waals surface area contributed by atoms with Gasteiger partial charge in [-0.3, -0.25) is 0 Å². The molecular formula is C19H28N3+. The summed E-state index contributed by atoms with van der Waals surface area (Å²) in [5.74, 6) is 1.09. The lowest BCUT2D eigenvalue weighted by Gasteiger charge is -2.16. The molecule has 0 atom stereocenters. The van der Waals surface area contributed by atoms with Crippen molar-refractivity contribution in [2.75, 3.05) is 0 Å². The van der Waals surface area contributed by atoms with Crippen LogP contribution in [-0.4, -0.2) is 10.2 Å². The molecule has 1 aliphatic carbocycles. The lowest BCUT2D eigenvalue weighted by Crippen LogP contribution is -2.40. The van der Waals surface area contributed by atoms with Gasteiger partial charge in [0.25, 0.3) is 0 Å². The van der Waals surface area contributed by atoms with Crippen LogP contribution in [0.25, 0.3) is 5.82 Å². The lowest BCUT2D eigenvalue weighted by atomic mass is 9.96. The summed E-state index contributed by atoms with van der Waals surface area (Å²) in [6.45, 7) is 4.50. The molecule has 0 aliphatic heterocycles. The van der Waals surface area contributed by atoms with Gasteiger partial charge in [-0.15, -0.1) is 5.10 Å². The molecule has 118 valence electrons. The highest BCUT2D eigenvalue weighted by Crippen LogP contribution is 2.20. The van der Waals surface area contributed by atoms with Crippen LogP contribution < -0.4 is 4.57 Å². The maximum atomic E-state index is 4.14. The van der Waals surface area contributed by atoms with Gasteiger partial charge in [0.05, 0.1) is 12.3 Å². The number of H-pyrrole nitrogens is 1. The van der Waals surface area contributed by atoms with Crippen molar-refractivity contribution in [2.24, 2.45) is 0 Å². The smallest absolute Gasteiger partial charge is 0.199 e. The molecule has 0 fully saturated rings. The van der Waals surface area contributed by atoms with Crippen molar-refractivity contribution in [3.63, 3.8) is 0 Å². The molecular weight excluding hydrogens is 270 g/mol. The zero-order valence-corrected chi connectivity index (χ0v) is 14.0. The van der Waals surface area contributed by atoms with Crippen LogP contribution in [0.1, 0.15) is 67.5 Å². The van der Waals surface area contributed by atoms with Gasteiger partial charge in [-0.05, 0) is 56.7 Å². The second kappa shape index (κ2) is 7.08. The number of fused-ring (bicyclic) bond motifs is 2. The number of aromatic nitrogens is 3. The van der Waals surface area contributed by atoms with E-state index in [0.29, 0.717) is 0 Å². The summed E-state index contributed by atoms with van der Waals surface area (Å²) in [5.41, 5.74) is 5.75. The molecule has 3 heteroatoms. The first-order valence-electron chi connectivity index (χ1n) is 8.81. The Bertz CT molecular complexity index is 580. The van der Waals surface area contributed by atoms with Gasteiger partial charge in [0, 0.05) is 0 Å². The van der Waals surface area contributed by atoms with Gasteiger partial charge in [0.2, 0.25) is 0 Å². The predicted molar refractivity (Wildman–Crippen MR) is 89.3 cm³/mol. The van der Waals surface area contributed by atoms with Gasteiger partial charge in [0.1, 0.15) is 11.4 Å². The van der Waals surface area contributed by atoms with Crippen LogP contribution in [0.3, 0.4) is 0 Å². The van der Waals surface area contributed by atoms with Gasteiger partial charge in [-0.25, -0.2) is 0 Å². The molecule has 1 N–H and O–H groups in total. The Morgan fingerprint density at radius 3 is 1.91 bits per heavy atom. The van der Waals surface area contributed by atoms with Crippen molar-refractivity contribution in [1.82, 2.24) is 10.2 Å². The maximum Gasteiger partial charge on any atom is 0.306 e. The fourth-order valence-electron chi connectivity index (χ4n) is 3.71. The zero-order valence-electron chi connectivity index (χ0n) is 14.0. The Morgan fingerprint density at radius 2 is 1.41 bits per heavy atom. The number of aromatic amines is 1. The zero-order chi connectivity index (χ0) is 15.4. The minimum atomic E-state index is 1.09. The van der Waals surface area contributed by atoms with Crippen LogP contribution in [0.2, 0.25) is 0 Å². The quantitative estimate of drug-likeness (QED) is 0.789. The molecule has 0 aromatic carbocycles. The largest absolute Gasteiger partial charge is 0.306 e. The van der Waals surface area contributed by atoms with Crippen LogP contribution in [0.15, 0.2) is 18.3 Å². The summed E-state index contributed by atoms with van der Waals surface area (Å²) in [5, 5.41) is 7.28. The minimum Gasteiger partial charge on any atom is -0.199 e. The highest BCUT2D eigenvalue weighted by Gasteiger charge is 2.19.